The van der Waals surface area contributed by atoms with Gasteiger partial charge in [0.25, 0.3) is 0 Å². The molecule has 0 saturated heterocycles. The van der Waals surface area contributed by atoms with Gasteiger partial charge in [0.1, 0.15) is 0 Å². The van der Waals surface area contributed by atoms with Crippen LogP contribution in [0.2, 0.25) is 0 Å². The molecular weight excluding hydrogens is 296 g/mol. The standard InChI is InChI=1S/C20H22N4/c21-17-8-4-15(5-9-17)13-23-19-2-1-3-20(12-19)24-14-16-6-10-18(22)11-7-16/h1-12,23-24H,13-14,21-22H2. The molecule has 0 aliphatic rings. The summed E-state index contributed by atoms with van der Waals surface area (Å²) in [5.41, 5.74) is 17.5. The molecule has 3 aromatic carbocycles. The molecule has 4 heteroatoms. The SMILES string of the molecule is Nc1ccc(CNc2cccc(NCc3ccc(N)cc3)c2)cc1. The molecule has 24 heavy (non-hydrogen) atoms. The Balaban J connectivity index is 1.57. The van der Waals surface area contributed by atoms with Gasteiger partial charge in [-0.2, -0.15) is 0 Å². The van der Waals surface area contributed by atoms with E-state index in [1.807, 2.05) is 54.6 Å². The summed E-state index contributed by atoms with van der Waals surface area (Å²) in [5.74, 6) is 0. The molecule has 0 amide bonds. The molecule has 4 nitrogen and oxygen atoms in total. The summed E-state index contributed by atoms with van der Waals surface area (Å²) < 4.78 is 0. The van der Waals surface area contributed by atoms with E-state index in [0.29, 0.717) is 0 Å². The third-order valence-corrected chi connectivity index (χ3v) is 3.82. The van der Waals surface area contributed by atoms with Gasteiger partial charge in [0, 0.05) is 35.8 Å². The number of nitrogen functional groups attached to an aromatic ring is 2. The highest BCUT2D eigenvalue weighted by atomic mass is 14.9. The number of nitrogens with one attached hydrogen (secondary N) is 2. The third kappa shape index (κ3) is 4.43. The maximum absolute atomic E-state index is 5.71. The zero-order chi connectivity index (χ0) is 16.8. The molecule has 0 aromatic heterocycles. The fourth-order valence-corrected chi connectivity index (χ4v) is 2.42. The molecule has 0 radical (unpaired) electrons. The van der Waals surface area contributed by atoms with Crippen molar-refractivity contribution in [3.63, 3.8) is 0 Å². The molecule has 0 unspecified atom stereocenters. The lowest BCUT2D eigenvalue weighted by atomic mass is 10.2. The van der Waals surface area contributed by atoms with Crippen LogP contribution in [0.25, 0.3) is 0 Å². The van der Waals surface area contributed by atoms with Crippen LogP contribution >= 0.6 is 0 Å². The fraction of sp³-hybridized carbons (Fsp3) is 0.100. The molecule has 0 fully saturated rings. The zero-order valence-corrected chi connectivity index (χ0v) is 13.5. The highest BCUT2D eigenvalue weighted by molar-refractivity contribution is 5.57. The van der Waals surface area contributed by atoms with Gasteiger partial charge in [0.15, 0.2) is 0 Å². The minimum absolute atomic E-state index is 0.766. The van der Waals surface area contributed by atoms with E-state index in [0.717, 1.165) is 35.8 Å². The van der Waals surface area contributed by atoms with Crippen molar-refractivity contribution in [2.24, 2.45) is 0 Å². The highest BCUT2D eigenvalue weighted by Gasteiger charge is 1.98. The number of hydrogen-bond acceptors (Lipinski definition) is 4. The van der Waals surface area contributed by atoms with E-state index < -0.39 is 0 Å². The van der Waals surface area contributed by atoms with E-state index in [4.69, 9.17) is 11.5 Å². The summed E-state index contributed by atoms with van der Waals surface area (Å²) >= 11 is 0. The van der Waals surface area contributed by atoms with Crippen LogP contribution in [0.5, 0.6) is 0 Å². The second-order valence-corrected chi connectivity index (χ2v) is 5.77. The molecule has 3 aromatic rings. The van der Waals surface area contributed by atoms with Gasteiger partial charge in [0.05, 0.1) is 0 Å². The maximum Gasteiger partial charge on any atom is 0.0400 e. The molecule has 0 atom stereocenters. The van der Waals surface area contributed by atoms with Gasteiger partial charge in [0.2, 0.25) is 0 Å². The Morgan fingerprint density at radius 3 is 1.42 bits per heavy atom. The Morgan fingerprint density at radius 1 is 0.583 bits per heavy atom. The minimum atomic E-state index is 0.766. The summed E-state index contributed by atoms with van der Waals surface area (Å²) in [6.07, 6.45) is 0. The summed E-state index contributed by atoms with van der Waals surface area (Å²) in [6, 6.07) is 24.1. The van der Waals surface area contributed by atoms with Gasteiger partial charge < -0.3 is 22.1 Å². The second kappa shape index (κ2) is 7.42. The fourth-order valence-electron chi connectivity index (χ4n) is 2.42. The average Bonchev–Trinajstić information content (AvgIpc) is 2.61. The van der Waals surface area contributed by atoms with Crippen LogP contribution in [-0.4, -0.2) is 0 Å². The lowest BCUT2D eigenvalue weighted by Gasteiger charge is -2.11. The third-order valence-electron chi connectivity index (χ3n) is 3.82. The maximum atomic E-state index is 5.71. The Morgan fingerprint density at radius 2 is 1.00 bits per heavy atom. The average molecular weight is 318 g/mol. The predicted molar refractivity (Wildman–Crippen MR) is 103 cm³/mol. The summed E-state index contributed by atoms with van der Waals surface area (Å²) in [4.78, 5) is 0. The minimum Gasteiger partial charge on any atom is -0.399 e. The first-order valence-corrected chi connectivity index (χ1v) is 7.96. The van der Waals surface area contributed by atoms with E-state index in [2.05, 4.69) is 28.8 Å². The number of anilines is 4. The first-order valence-electron chi connectivity index (χ1n) is 7.96. The van der Waals surface area contributed by atoms with Crippen LogP contribution in [0.1, 0.15) is 11.1 Å². The van der Waals surface area contributed by atoms with Crippen LogP contribution in [-0.2, 0) is 13.1 Å². The van der Waals surface area contributed by atoms with Gasteiger partial charge >= 0.3 is 0 Å². The first kappa shape index (κ1) is 15.7. The molecular formula is C20H22N4. The molecule has 0 aliphatic carbocycles. The van der Waals surface area contributed by atoms with Crippen molar-refractivity contribution in [1.29, 1.82) is 0 Å². The number of hydrogen-bond donors (Lipinski definition) is 4. The zero-order valence-electron chi connectivity index (χ0n) is 13.5. The molecule has 0 aliphatic heterocycles. The number of nitrogens with two attached hydrogens (primary N) is 2. The Labute approximate surface area is 142 Å². The van der Waals surface area contributed by atoms with E-state index in [1.54, 1.807) is 0 Å². The van der Waals surface area contributed by atoms with Crippen LogP contribution < -0.4 is 22.1 Å². The molecule has 6 N–H and O–H groups in total. The van der Waals surface area contributed by atoms with Crippen molar-refractivity contribution < 1.29 is 0 Å². The van der Waals surface area contributed by atoms with Crippen LogP contribution in [0.15, 0.2) is 72.8 Å². The van der Waals surface area contributed by atoms with Crippen molar-refractivity contribution in [1.82, 2.24) is 0 Å². The molecule has 3 rings (SSSR count). The molecule has 0 bridgehead atoms. The number of rotatable bonds is 6. The normalized spacial score (nSPS) is 10.3. The van der Waals surface area contributed by atoms with Crippen molar-refractivity contribution in [2.75, 3.05) is 22.1 Å². The quantitative estimate of drug-likeness (QED) is 0.517. The smallest absolute Gasteiger partial charge is 0.0400 e. The van der Waals surface area contributed by atoms with E-state index >= 15 is 0 Å². The van der Waals surface area contributed by atoms with Gasteiger partial charge in [-0.05, 0) is 53.6 Å². The Kier molecular flexibility index (Phi) is 4.87. The van der Waals surface area contributed by atoms with E-state index in [9.17, 15) is 0 Å². The lowest BCUT2D eigenvalue weighted by Crippen LogP contribution is -2.02. The molecule has 122 valence electrons. The summed E-state index contributed by atoms with van der Waals surface area (Å²) in [7, 11) is 0. The van der Waals surface area contributed by atoms with Crippen molar-refractivity contribution >= 4 is 22.7 Å². The van der Waals surface area contributed by atoms with Gasteiger partial charge in [-0.1, -0.05) is 30.3 Å². The Hall–Kier alpha value is -3.14. The molecule has 0 saturated carbocycles. The Bertz CT molecular complexity index is 715. The summed E-state index contributed by atoms with van der Waals surface area (Å²) in [6.45, 7) is 1.53. The van der Waals surface area contributed by atoms with Gasteiger partial charge in [-0.3, -0.25) is 0 Å². The van der Waals surface area contributed by atoms with Crippen LogP contribution in [0, 0.1) is 0 Å². The van der Waals surface area contributed by atoms with Crippen LogP contribution in [0.3, 0.4) is 0 Å². The van der Waals surface area contributed by atoms with Gasteiger partial charge in [-0.15, -0.1) is 0 Å². The van der Waals surface area contributed by atoms with Crippen LogP contribution in [0.4, 0.5) is 22.7 Å². The predicted octanol–water partition coefficient (Wildman–Crippen LogP) is 4.08. The highest BCUT2D eigenvalue weighted by Crippen LogP contribution is 2.17. The molecule has 0 heterocycles. The molecule has 0 spiro atoms. The largest absolute Gasteiger partial charge is 0.399 e. The van der Waals surface area contributed by atoms with Gasteiger partial charge in [-0.25, -0.2) is 0 Å². The number of benzene rings is 3. The summed E-state index contributed by atoms with van der Waals surface area (Å²) in [5, 5.41) is 6.86. The van der Waals surface area contributed by atoms with Crippen molar-refractivity contribution in [2.45, 2.75) is 13.1 Å². The topological polar surface area (TPSA) is 76.1 Å². The van der Waals surface area contributed by atoms with E-state index in [-0.39, 0.29) is 0 Å². The lowest BCUT2D eigenvalue weighted by molar-refractivity contribution is 1.14. The first-order chi connectivity index (χ1) is 11.7. The van der Waals surface area contributed by atoms with E-state index in [1.165, 1.54) is 11.1 Å². The second-order valence-electron chi connectivity index (χ2n) is 5.77. The monoisotopic (exact) mass is 318 g/mol. The van der Waals surface area contributed by atoms with Crippen molar-refractivity contribution in [3.05, 3.63) is 83.9 Å². The van der Waals surface area contributed by atoms with Crippen molar-refractivity contribution in [3.8, 4) is 0 Å².